The van der Waals surface area contributed by atoms with Gasteiger partial charge in [0.2, 0.25) is 0 Å². The molecule has 0 radical (unpaired) electrons. The third kappa shape index (κ3) is 6.68. The molecule has 2 rings (SSSR count). The topological polar surface area (TPSA) is 123 Å². The van der Waals surface area contributed by atoms with Gasteiger partial charge in [0, 0.05) is 17.7 Å². The Bertz CT molecular complexity index is 995. The summed E-state index contributed by atoms with van der Waals surface area (Å²) in [5, 5.41) is 13.4. The zero-order valence-corrected chi connectivity index (χ0v) is 18.7. The number of benzene rings is 2. The molecular formula is C21H26NO8S-. The highest BCUT2D eigenvalue weighted by Crippen LogP contribution is 2.35. The number of hydrogen-bond acceptors (Lipinski definition) is 9. The Morgan fingerprint density at radius 2 is 1.55 bits per heavy atom. The van der Waals surface area contributed by atoms with Crippen LogP contribution in [0.4, 0.5) is 5.69 Å². The zero-order valence-electron chi connectivity index (χ0n) is 17.9. The van der Waals surface area contributed by atoms with Crippen molar-refractivity contribution in [1.82, 2.24) is 0 Å². The molecule has 0 atom stereocenters. The molecular weight excluding hydrogens is 426 g/mol. The normalized spacial score (nSPS) is 11.0. The highest BCUT2D eigenvalue weighted by Gasteiger charge is 2.19. The monoisotopic (exact) mass is 452 g/mol. The van der Waals surface area contributed by atoms with Gasteiger partial charge in [-0.1, -0.05) is 6.07 Å². The van der Waals surface area contributed by atoms with Gasteiger partial charge in [0.15, 0.2) is 9.84 Å². The Morgan fingerprint density at radius 3 is 2.06 bits per heavy atom. The summed E-state index contributed by atoms with van der Waals surface area (Å²) in [6.07, 6.45) is 0.185. The van der Waals surface area contributed by atoms with Gasteiger partial charge >= 0.3 is 0 Å². The maximum absolute atomic E-state index is 12.8. The molecule has 2 aromatic rings. The Hall–Kier alpha value is -3.14. The average Bonchev–Trinajstić information content (AvgIpc) is 2.75. The highest BCUT2D eigenvalue weighted by atomic mass is 32.2. The standard InChI is InChI=1S/C21H27NO8S/c1-27-15-10-19(29-3)16(20(11-15)30-4)7-8-31(25,26)13-14-5-6-18(28-2)17(9-14)22-12-21(23)24/h5-6,9-11,22H,7-8,12-13H2,1-4H3,(H,23,24)/p-1. The minimum Gasteiger partial charge on any atom is -0.548 e. The third-order valence-electron chi connectivity index (χ3n) is 4.55. The van der Waals surface area contributed by atoms with Crippen molar-refractivity contribution >= 4 is 21.5 Å². The number of nitrogens with one attached hydrogen (secondary N) is 1. The van der Waals surface area contributed by atoms with Crippen LogP contribution < -0.4 is 29.4 Å². The lowest BCUT2D eigenvalue weighted by molar-refractivity contribution is -0.302. The number of carbonyl (C=O) groups is 1. The molecule has 9 nitrogen and oxygen atoms in total. The first kappa shape index (κ1) is 24.1. The molecule has 170 valence electrons. The predicted molar refractivity (Wildman–Crippen MR) is 114 cm³/mol. The van der Waals surface area contributed by atoms with Crippen molar-refractivity contribution in [1.29, 1.82) is 0 Å². The SMILES string of the molecule is COc1cc(OC)c(CCS(=O)(=O)Cc2ccc(OC)c(NCC(=O)[O-])c2)c(OC)c1. The molecule has 0 amide bonds. The number of aliphatic carboxylic acids is 1. The number of carbonyl (C=O) groups excluding carboxylic acids is 1. The van der Waals surface area contributed by atoms with E-state index in [2.05, 4.69) is 5.32 Å². The van der Waals surface area contributed by atoms with E-state index in [1.54, 1.807) is 30.3 Å². The van der Waals surface area contributed by atoms with Crippen molar-refractivity contribution in [2.75, 3.05) is 46.1 Å². The van der Waals surface area contributed by atoms with Crippen LogP contribution in [0.25, 0.3) is 0 Å². The summed E-state index contributed by atoms with van der Waals surface area (Å²) in [6.45, 7) is -0.427. The Labute approximate surface area is 181 Å². The van der Waals surface area contributed by atoms with Crippen molar-refractivity contribution in [2.24, 2.45) is 0 Å². The number of methoxy groups -OCH3 is 4. The van der Waals surface area contributed by atoms with Crippen molar-refractivity contribution in [3.63, 3.8) is 0 Å². The Kier molecular flexibility index (Phi) is 8.38. The van der Waals surface area contributed by atoms with Crippen molar-refractivity contribution in [3.05, 3.63) is 41.5 Å². The summed E-state index contributed by atoms with van der Waals surface area (Å²) in [6, 6.07) is 8.09. The fourth-order valence-corrected chi connectivity index (χ4v) is 4.41. The van der Waals surface area contributed by atoms with E-state index in [1.165, 1.54) is 28.4 Å². The lowest BCUT2D eigenvalue weighted by atomic mass is 10.1. The quantitative estimate of drug-likeness (QED) is 0.503. The molecule has 0 aliphatic heterocycles. The smallest absolute Gasteiger partial charge is 0.154 e. The molecule has 0 unspecified atom stereocenters. The number of hydrogen-bond donors (Lipinski definition) is 1. The van der Waals surface area contributed by atoms with Crippen molar-refractivity contribution in [3.8, 4) is 23.0 Å². The van der Waals surface area contributed by atoms with Gasteiger partial charge < -0.3 is 34.2 Å². The number of anilines is 1. The van der Waals surface area contributed by atoms with Gasteiger partial charge in [0.25, 0.3) is 0 Å². The molecule has 0 aromatic heterocycles. The fraction of sp³-hybridized carbons (Fsp3) is 0.381. The lowest BCUT2D eigenvalue weighted by Gasteiger charge is -2.16. The number of carboxylic acid groups (broad SMARTS) is 1. The van der Waals surface area contributed by atoms with Gasteiger partial charge in [0.05, 0.1) is 58.1 Å². The second kappa shape index (κ2) is 10.8. The van der Waals surface area contributed by atoms with Gasteiger partial charge in [-0.15, -0.1) is 0 Å². The van der Waals surface area contributed by atoms with E-state index in [-0.39, 0.29) is 17.9 Å². The molecule has 31 heavy (non-hydrogen) atoms. The molecule has 0 saturated carbocycles. The number of sulfone groups is 1. The maximum atomic E-state index is 12.8. The van der Waals surface area contributed by atoms with Crippen LogP contribution >= 0.6 is 0 Å². The molecule has 0 spiro atoms. The molecule has 0 heterocycles. The molecule has 0 saturated heterocycles. The summed E-state index contributed by atoms with van der Waals surface area (Å²) in [7, 11) is 2.43. The molecule has 0 aliphatic carbocycles. The van der Waals surface area contributed by atoms with Gasteiger partial charge in [-0.05, 0) is 24.1 Å². The maximum Gasteiger partial charge on any atom is 0.154 e. The Balaban J connectivity index is 2.19. The van der Waals surface area contributed by atoms with E-state index in [4.69, 9.17) is 18.9 Å². The van der Waals surface area contributed by atoms with Crippen molar-refractivity contribution in [2.45, 2.75) is 12.2 Å². The number of carboxylic acids is 1. The first-order chi connectivity index (χ1) is 14.7. The predicted octanol–water partition coefficient (Wildman–Crippen LogP) is 1.04. The van der Waals surface area contributed by atoms with Crippen LogP contribution in [-0.2, 0) is 26.8 Å². The largest absolute Gasteiger partial charge is 0.548 e. The molecule has 10 heteroatoms. The van der Waals surface area contributed by atoms with Gasteiger partial charge in [-0.2, -0.15) is 0 Å². The van der Waals surface area contributed by atoms with Crippen LogP contribution in [-0.4, -0.2) is 55.1 Å². The first-order valence-corrected chi connectivity index (χ1v) is 11.1. The van der Waals surface area contributed by atoms with E-state index in [0.717, 1.165) is 0 Å². The molecule has 0 aliphatic rings. The second-order valence-corrected chi connectivity index (χ2v) is 8.80. The zero-order chi connectivity index (χ0) is 23.0. The molecule has 0 fully saturated rings. The lowest BCUT2D eigenvalue weighted by Crippen LogP contribution is -2.30. The van der Waals surface area contributed by atoms with Crippen LogP contribution in [0.2, 0.25) is 0 Å². The highest BCUT2D eigenvalue weighted by molar-refractivity contribution is 7.90. The van der Waals surface area contributed by atoms with Crippen LogP contribution in [0.1, 0.15) is 11.1 Å². The van der Waals surface area contributed by atoms with E-state index >= 15 is 0 Å². The van der Waals surface area contributed by atoms with E-state index in [9.17, 15) is 18.3 Å². The van der Waals surface area contributed by atoms with Gasteiger partial charge in [0.1, 0.15) is 23.0 Å². The second-order valence-electron chi connectivity index (χ2n) is 6.61. The summed E-state index contributed by atoms with van der Waals surface area (Å²) < 4.78 is 46.7. The fourth-order valence-electron chi connectivity index (χ4n) is 3.06. The van der Waals surface area contributed by atoms with Gasteiger partial charge in [-0.3, -0.25) is 0 Å². The minimum absolute atomic E-state index is 0.139. The van der Waals surface area contributed by atoms with Crippen LogP contribution in [0, 0.1) is 0 Å². The van der Waals surface area contributed by atoms with Gasteiger partial charge in [-0.25, -0.2) is 8.42 Å². The van der Waals surface area contributed by atoms with E-state index in [1.807, 2.05) is 0 Å². The van der Waals surface area contributed by atoms with E-state index < -0.39 is 22.4 Å². The summed E-state index contributed by atoms with van der Waals surface area (Å²) in [4.78, 5) is 10.7. The average molecular weight is 453 g/mol. The van der Waals surface area contributed by atoms with Crippen LogP contribution in [0.3, 0.4) is 0 Å². The number of rotatable bonds is 12. The summed E-state index contributed by atoms with van der Waals surface area (Å²) in [5.41, 5.74) is 1.49. The van der Waals surface area contributed by atoms with Crippen molar-refractivity contribution < 1.29 is 37.3 Å². The molecule has 0 bridgehead atoms. The summed E-state index contributed by atoms with van der Waals surface area (Å²) in [5.74, 6) is 0.236. The summed E-state index contributed by atoms with van der Waals surface area (Å²) >= 11 is 0. The van der Waals surface area contributed by atoms with Crippen LogP contribution in [0.5, 0.6) is 23.0 Å². The van der Waals surface area contributed by atoms with E-state index in [0.29, 0.717) is 39.8 Å². The third-order valence-corrected chi connectivity index (χ3v) is 6.15. The molecule has 2 aromatic carbocycles. The van der Waals surface area contributed by atoms with Crippen LogP contribution in [0.15, 0.2) is 30.3 Å². The number of ether oxygens (including phenoxy) is 4. The minimum atomic E-state index is -3.51. The first-order valence-electron chi connectivity index (χ1n) is 9.33. The molecule has 1 N–H and O–H groups in total. The Morgan fingerprint density at radius 1 is 0.935 bits per heavy atom.